The minimum atomic E-state index is 0.877. The molecule has 0 saturated carbocycles. The topological polar surface area (TPSA) is 40.0 Å². The Kier molecular flexibility index (Phi) is 4.78. The molecule has 0 aliphatic heterocycles. The van der Waals surface area contributed by atoms with Crippen molar-refractivity contribution in [3.05, 3.63) is 152 Å². The van der Waals surface area contributed by atoms with Gasteiger partial charge in [-0.05, 0) is 53.9 Å². The van der Waals surface area contributed by atoms with Gasteiger partial charge in [-0.15, -0.1) is 0 Å². The quantitative estimate of drug-likeness (QED) is 0.186. The number of aromatic nitrogens is 5. The van der Waals surface area contributed by atoms with Crippen LogP contribution in [0.3, 0.4) is 0 Å². The second kappa shape index (κ2) is 9.05. The molecule has 0 aliphatic rings. The number of para-hydroxylation sites is 5. The second-order valence-corrected chi connectivity index (χ2v) is 12.2. The van der Waals surface area contributed by atoms with Crippen molar-refractivity contribution in [3.8, 4) is 11.6 Å². The van der Waals surface area contributed by atoms with Crippen molar-refractivity contribution in [1.29, 1.82) is 0 Å². The van der Waals surface area contributed by atoms with Crippen LogP contribution in [0.15, 0.2) is 152 Å². The molecule has 218 valence electrons. The molecule has 11 rings (SSSR count). The molecule has 0 atom stereocenters. The molecule has 5 aromatic heterocycles. The number of imidazole rings is 1. The molecule has 5 heteroatoms. The zero-order valence-electron chi connectivity index (χ0n) is 25.2. The molecule has 0 N–H and O–H groups in total. The zero-order chi connectivity index (χ0) is 30.6. The third-order valence-corrected chi connectivity index (χ3v) is 9.81. The SMILES string of the molecule is c1cc(-n2c3ccccc3c3ccccc32)nc(-n2c3ccccc3c3c2ccc2c4ccccc4c4nc5ccccc5n4c23)c1. The van der Waals surface area contributed by atoms with Crippen molar-refractivity contribution in [2.75, 3.05) is 0 Å². The van der Waals surface area contributed by atoms with E-state index in [2.05, 4.69) is 165 Å². The standard InChI is InChI=1S/C42H25N5/c1-2-15-30-26(12-1)29-24-25-37-40(41(29)47-36-21-10-6-17-32(36)43-42(30)47)31-16-5-9-20-35(31)46(37)39-23-11-22-38(44-39)45-33-18-7-3-13-27(33)28-14-4-8-19-34(28)45/h1-25H. The average molecular weight is 600 g/mol. The van der Waals surface area contributed by atoms with E-state index >= 15 is 0 Å². The van der Waals surface area contributed by atoms with Gasteiger partial charge in [-0.1, -0.05) is 103 Å². The van der Waals surface area contributed by atoms with E-state index in [1.807, 2.05) is 0 Å². The highest BCUT2D eigenvalue weighted by atomic mass is 15.1. The van der Waals surface area contributed by atoms with E-state index < -0.39 is 0 Å². The maximum Gasteiger partial charge on any atom is 0.146 e. The van der Waals surface area contributed by atoms with E-state index in [9.17, 15) is 0 Å². The molecule has 0 unspecified atom stereocenters. The van der Waals surface area contributed by atoms with Crippen LogP contribution >= 0.6 is 0 Å². The van der Waals surface area contributed by atoms with Gasteiger partial charge < -0.3 is 0 Å². The zero-order valence-corrected chi connectivity index (χ0v) is 25.2. The molecule has 5 nitrogen and oxygen atoms in total. The van der Waals surface area contributed by atoms with E-state index in [1.54, 1.807) is 0 Å². The van der Waals surface area contributed by atoms with Crippen molar-refractivity contribution in [1.82, 2.24) is 23.5 Å². The van der Waals surface area contributed by atoms with Crippen LogP contribution in [0, 0.1) is 0 Å². The van der Waals surface area contributed by atoms with Gasteiger partial charge in [0.25, 0.3) is 0 Å². The highest BCUT2D eigenvalue weighted by Crippen LogP contribution is 2.41. The van der Waals surface area contributed by atoms with E-state index in [-0.39, 0.29) is 0 Å². The molecular formula is C42H25N5. The Hall–Kier alpha value is -6.46. The maximum absolute atomic E-state index is 5.40. The number of nitrogens with zero attached hydrogens (tertiary/aromatic N) is 5. The molecular weight excluding hydrogens is 574 g/mol. The van der Waals surface area contributed by atoms with Crippen LogP contribution in [0.4, 0.5) is 0 Å². The Balaban J connectivity index is 1.29. The van der Waals surface area contributed by atoms with Crippen LogP contribution in [-0.4, -0.2) is 23.5 Å². The average Bonchev–Trinajstić information content (AvgIpc) is 3.80. The molecule has 11 aromatic rings. The molecule has 0 saturated heterocycles. The van der Waals surface area contributed by atoms with Crippen LogP contribution < -0.4 is 0 Å². The predicted octanol–water partition coefficient (Wildman–Crippen LogP) is 10.4. The highest BCUT2D eigenvalue weighted by molar-refractivity contribution is 6.26. The predicted molar refractivity (Wildman–Crippen MR) is 194 cm³/mol. The van der Waals surface area contributed by atoms with Gasteiger partial charge in [0.1, 0.15) is 17.3 Å². The van der Waals surface area contributed by atoms with E-state index in [4.69, 9.17) is 9.97 Å². The van der Waals surface area contributed by atoms with Crippen LogP contribution in [0.5, 0.6) is 0 Å². The van der Waals surface area contributed by atoms with Crippen LogP contribution in [0.1, 0.15) is 0 Å². The smallest absolute Gasteiger partial charge is 0.146 e. The molecule has 0 fully saturated rings. The number of hydrogen-bond donors (Lipinski definition) is 0. The number of fused-ring (bicyclic) bond motifs is 15. The van der Waals surface area contributed by atoms with E-state index in [1.165, 1.54) is 37.8 Å². The monoisotopic (exact) mass is 599 g/mol. The first kappa shape index (κ1) is 24.8. The maximum atomic E-state index is 5.40. The van der Waals surface area contributed by atoms with Crippen molar-refractivity contribution in [2.24, 2.45) is 0 Å². The lowest BCUT2D eigenvalue weighted by atomic mass is 10.0. The van der Waals surface area contributed by atoms with Crippen molar-refractivity contribution in [2.45, 2.75) is 0 Å². The Morgan fingerprint density at radius 3 is 1.57 bits per heavy atom. The highest BCUT2D eigenvalue weighted by Gasteiger charge is 2.21. The number of hydrogen-bond acceptors (Lipinski definition) is 2. The molecule has 0 bridgehead atoms. The summed E-state index contributed by atoms with van der Waals surface area (Å²) in [6, 6.07) is 53.9. The van der Waals surface area contributed by atoms with Crippen molar-refractivity contribution < 1.29 is 0 Å². The van der Waals surface area contributed by atoms with Crippen LogP contribution in [-0.2, 0) is 0 Å². The van der Waals surface area contributed by atoms with Gasteiger partial charge in [-0.3, -0.25) is 13.5 Å². The van der Waals surface area contributed by atoms with Gasteiger partial charge in [0.15, 0.2) is 0 Å². The van der Waals surface area contributed by atoms with Gasteiger partial charge in [-0.2, -0.15) is 0 Å². The summed E-state index contributed by atoms with van der Waals surface area (Å²) in [5, 5.41) is 8.39. The number of benzene rings is 6. The Bertz CT molecular complexity index is 3030. The largest absolute Gasteiger partial charge is 0.294 e. The molecule has 0 aliphatic carbocycles. The molecule has 47 heavy (non-hydrogen) atoms. The molecule has 6 aromatic carbocycles. The Morgan fingerprint density at radius 1 is 0.340 bits per heavy atom. The van der Waals surface area contributed by atoms with Crippen molar-refractivity contribution in [3.63, 3.8) is 0 Å². The fourth-order valence-electron chi connectivity index (χ4n) is 7.92. The van der Waals surface area contributed by atoms with Gasteiger partial charge in [0, 0.05) is 32.3 Å². The summed E-state index contributed by atoms with van der Waals surface area (Å²) in [6.45, 7) is 0. The minimum Gasteiger partial charge on any atom is -0.294 e. The first-order valence-electron chi connectivity index (χ1n) is 15.9. The first-order valence-corrected chi connectivity index (χ1v) is 15.9. The van der Waals surface area contributed by atoms with Gasteiger partial charge in [-0.25, -0.2) is 9.97 Å². The van der Waals surface area contributed by atoms with Crippen molar-refractivity contribution >= 4 is 82.0 Å². The first-order chi connectivity index (χ1) is 23.3. The van der Waals surface area contributed by atoms with Gasteiger partial charge in [0.2, 0.25) is 0 Å². The molecule has 5 heterocycles. The summed E-state index contributed by atoms with van der Waals surface area (Å²) in [5.74, 6) is 1.77. The molecule has 0 amide bonds. The fraction of sp³-hybridized carbons (Fsp3) is 0. The fourth-order valence-corrected chi connectivity index (χ4v) is 7.92. The van der Waals surface area contributed by atoms with Crippen LogP contribution in [0.2, 0.25) is 0 Å². The third kappa shape index (κ3) is 3.22. The summed E-state index contributed by atoms with van der Waals surface area (Å²) in [6.07, 6.45) is 0. The summed E-state index contributed by atoms with van der Waals surface area (Å²) in [4.78, 5) is 10.6. The second-order valence-electron chi connectivity index (χ2n) is 12.2. The van der Waals surface area contributed by atoms with E-state index in [0.29, 0.717) is 0 Å². The van der Waals surface area contributed by atoms with E-state index in [0.717, 1.165) is 55.8 Å². The minimum absolute atomic E-state index is 0.877. The Labute approximate surface area is 268 Å². The van der Waals surface area contributed by atoms with Gasteiger partial charge in [0.05, 0.1) is 38.6 Å². The molecule has 0 spiro atoms. The summed E-state index contributed by atoms with van der Waals surface area (Å²) in [5.41, 5.74) is 8.76. The summed E-state index contributed by atoms with van der Waals surface area (Å²) < 4.78 is 6.97. The third-order valence-electron chi connectivity index (χ3n) is 9.81. The number of pyridine rings is 2. The lowest BCUT2D eigenvalue weighted by Crippen LogP contribution is -2.03. The lowest BCUT2D eigenvalue weighted by Gasteiger charge is -2.13. The number of rotatable bonds is 2. The lowest BCUT2D eigenvalue weighted by molar-refractivity contribution is 1.01. The normalized spacial score (nSPS) is 12.3. The Morgan fingerprint density at radius 2 is 0.872 bits per heavy atom. The summed E-state index contributed by atoms with van der Waals surface area (Å²) >= 11 is 0. The molecule has 0 radical (unpaired) electrons. The van der Waals surface area contributed by atoms with Crippen LogP contribution in [0.25, 0.3) is 93.6 Å². The van der Waals surface area contributed by atoms with Gasteiger partial charge >= 0.3 is 0 Å². The summed E-state index contributed by atoms with van der Waals surface area (Å²) in [7, 11) is 0.